The summed E-state index contributed by atoms with van der Waals surface area (Å²) in [6.07, 6.45) is 3.93. The minimum Gasteiger partial charge on any atom is -0.310 e. The van der Waals surface area contributed by atoms with E-state index in [9.17, 15) is 0 Å². The number of rotatable bonds is 1. The van der Waals surface area contributed by atoms with Gasteiger partial charge in [0.1, 0.15) is 0 Å². The molecule has 14 heavy (non-hydrogen) atoms. The molecule has 1 aromatic carbocycles. The Morgan fingerprint density at radius 2 is 2.21 bits per heavy atom. The van der Waals surface area contributed by atoms with Crippen LogP contribution in [-0.4, -0.2) is 6.54 Å². The van der Waals surface area contributed by atoms with Gasteiger partial charge in [-0.25, -0.2) is 0 Å². The van der Waals surface area contributed by atoms with Crippen LogP contribution < -0.4 is 5.32 Å². The maximum Gasteiger partial charge on any atom is 0.0331 e. The van der Waals surface area contributed by atoms with E-state index < -0.39 is 0 Å². The van der Waals surface area contributed by atoms with Crippen molar-refractivity contribution in [3.63, 3.8) is 0 Å². The van der Waals surface area contributed by atoms with Crippen molar-refractivity contribution in [1.82, 2.24) is 5.32 Å². The minimum atomic E-state index is 0.554. The van der Waals surface area contributed by atoms with Crippen LogP contribution in [0.4, 0.5) is 0 Å². The van der Waals surface area contributed by atoms with E-state index in [0.717, 1.165) is 6.54 Å². The highest BCUT2D eigenvalue weighted by atomic mass is 79.9. The summed E-state index contributed by atoms with van der Waals surface area (Å²) < 4.78 is 1.24. The monoisotopic (exact) mass is 253 g/mol. The lowest BCUT2D eigenvalue weighted by atomic mass is 9.96. The fourth-order valence-corrected chi connectivity index (χ4v) is 2.57. The van der Waals surface area contributed by atoms with Crippen molar-refractivity contribution >= 4 is 15.9 Å². The Labute approximate surface area is 94.0 Å². The molecule has 1 aromatic rings. The van der Waals surface area contributed by atoms with Crippen LogP contribution in [0, 0.1) is 6.92 Å². The van der Waals surface area contributed by atoms with Gasteiger partial charge in [0.2, 0.25) is 0 Å². The summed E-state index contributed by atoms with van der Waals surface area (Å²) in [6, 6.07) is 7.14. The summed E-state index contributed by atoms with van der Waals surface area (Å²) in [5.74, 6) is 0. The van der Waals surface area contributed by atoms with Crippen LogP contribution in [0.15, 0.2) is 22.7 Å². The fraction of sp³-hybridized carbons (Fsp3) is 0.500. The van der Waals surface area contributed by atoms with Gasteiger partial charge < -0.3 is 5.32 Å². The maximum absolute atomic E-state index is 3.63. The molecule has 0 aromatic heterocycles. The molecule has 1 saturated heterocycles. The smallest absolute Gasteiger partial charge is 0.0331 e. The van der Waals surface area contributed by atoms with Crippen molar-refractivity contribution in [2.75, 3.05) is 6.54 Å². The van der Waals surface area contributed by atoms with Crippen LogP contribution in [0.2, 0.25) is 0 Å². The van der Waals surface area contributed by atoms with Gasteiger partial charge in [0, 0.05) is 10.5 Å². The van der Waals surface area contributed by atoms with E-state index >= 15 is 0 Å². The molecule has 76 valence electrons. The second-order valence-corrected chi connectivity index (χ2v) is 4.88. The summed E-state index contributed by atoms with van der Waals surface area (Å²) in [7, 11) is 0. The van der Waals surface area contributed by atoms with Crippen LogP contribution in [0.5, 0.6) is 0 Å². The molecule has 1 fully saturated rings. The quantitative estimate of drug-likeness (QED) is 0.807. The third-order valence-corrected chi connectivity index (χ3v) is 3.56. The topological polar surface area (TPSA) is 12.0 Å². The zero-order chi connectivity index (χ0) is 9.97. The Morgan fingerprint density at radius 3 is 2.93 bits per heavy atom. The highest BCUT2D eigenvalue weighted by molar-refractivity contribution is 9.10. The Kier molecular flexibility index (Phi) is 3.24. The third-order valence-electron chi connectivity index (χ3n) is 2.84. The van der Waals surface area contributed by atoms with Gasteiger partial charge in [0.25, 0.3) is 0 Å². The van der Waals surface area contributed by atoms with E-state index in [4.69, 9.17) is 0 Å². The zero-order valence-electron chi connectivity index (χ0n) is 8.52. The Balaban J connectivity index is 2.24. The van der Waals surface area contributed by atoms with Gasteiger partial charge in [-0.3, -0.25) is 0 Å². The summed E-state index contributed by atoms with van der Waals surface area (Å²) in [4.78, 5) is 0. The average Bonchev–Trinajstić information content (AvgIpc) is 2.23. The first-order valence-electron chi connectivity index (χ1n) is 5.27. The lowest BCUT2D eigenvalue weighted by Gasteiger charge is -2.25. The van der Waals surface area contributed by atoms with E-state index in [2.05, 4.69) is 46.4 Å². The van der Waals surface area contributed by atoms with E-state index in [1.807, 2.05) is 0 Å². The third kappa shape index (κ3) is 2.18. The molecule has 1 nitrogen and oxygen atoms in total. The summed E-state index contributed by atoms with van der Waals surface area (Å²) in [6.45, 7) is 3.31. The molecule has 1 N–H and O–H groups in total. The van der Waals surface area contributed by atoms with Crippen LogP contribution in [0.25, 0.3) is 0 Å². The van der Waals surface area contributed by atoms with Gasteiger partial charge in [0.15, 0.2) is 0 Å². The average molecular weight is 254 g/mol. The lowest BCUT2D eigenvalue weighted by molar-refractivity contribution is 0.411. The number of nitrogens with one attached hydrogen (secondary N) is 1. The molecule has 1 unspecified atom stereocenters. The molecule has 1 heterocycles. The number of hydrogen-bond donors (Lipinski definition) is 1. The minimum absolute atomic E-state index is 0.554. The zero-order valence-corrected chi connectivity index (χ0v) is 10.1. The molecule has 2 heteroatoms. The highest BCUT2D eigenvalue weighted by Gasteiger charge is 2.16. The van der Waals surface area contributed by atoms with Gasteiger partial charge in [-0.15, -0.1) is 0 Å². The van der Waals surface area contributed by atoms with Crippen molar-refractivity contribution in [3.05, 3.63) is 33.8 Å². The number of piperidine rings is 1. The normalized spacial score (nSPS) is 22.3. The first-order chi connectivity index (χ1) is 6.77. The number of aryl methyl sites for hydroxylation is 1. The predicted octanol–water partition coefficient (Wildman–Crippen LogP) is 3.57. The first kappa shape index (κ1) is 10.2. The molecule has 1 atom stereocenters. The molecule has 0 bridgehead atoms. The van der Waals surface area contributed by atoms with Gasteiger partial charge in [-0.1, -0.05) is 40.0 Å². The molecule has 0 aliphatic carbocycles. The lowest BCUT2D eigenvalue weighted by Crippen LogP contribution is -2.27. The van der Waals surface area contributed by atoms with Gasteiger partial charge in [-0.05, 0) is 37.9 Å². The van der Waals surface area contributed by atoms with Crippen molar-refractivity contribution in [2.24, 2.45) is 0 Å². The highest BCUT2D eigenvalue weighted by Crippen LogP contribution is 2.29. The predicted molar refractivity (Wildman–Crippen MR) is 63.5 cm³/mol. The van der Waals surface area contributed by atoms with E-state index in [1.54, 1.807) is 0 Å². The Morgan fingerprint density at radius 1 is 1.36 bits per heavy atom. The van der Waals surface area contributed by atoms with Crippen molar-refractivity contribution in [2.45, 2.75) is 32.2 Å². The first-order valence-corrected chi connectivity index (χ1v) is 6.06. The van der Waals surface area contributed by atoms with E-state index in [-0.39, 0.29) is 0 Å². The molecule has 1 aliphatic rings. The molecular weight excluding hydrogens is 238 g/mol. The summed E-state index contributed by atoms with van der Waals surface area (Å²) in [5.41, 5.74) is 2.76. The van der Waals surface area contributed by atoms with E-state index in [1.165, 1.54) is 34.9 Å². The molecule has 1 aliphatic heterocycles. The molecular formula is C12H16BrN. The van der Waals surface area contributed by atoms with Crippen molar-refractivity contribution < 1.29 is 0 Å². The van der Waals surface area contributed by atoms with Crippen molar-refractivity contribution in [3.8, 4) is 0 Å². The van der Waals surface area contributed by atoms with Crippen molar-refractivity contribution in [1.29, 1.82) is 0 Å². The summed E-state index contributed by atoms with van der Waals surface area (Å²) >= 11 is 3.63. The van der Waals surface area contributed by atoms with Gasteiger partial charge in [0.05, 0.1) is 0 Å². The van der Waals surface area contributed by atoms with Gasteiger partial charge >= 0.3 is 0 Å². The number of halogens is 1. The Hall–Kier alpha value is -0.340. The van der Waals surface area contributed by atoms with E-state index in [0.29, 0.717) is 6.04 Å². The standard InChI is InChI=1S/C12H16BrN/c1-9-5-6-11(13)10(8-9)12-4-2-3-7-14-12/h5-6,8,12,14H,2-4,7H2,1H3. The number of hydrogen-bond acceptors (Lipinski definition) is 1. The van der Waals surface area contributed by atoms with Crippen LogP contribution in [-0.2, 0) is 0 Å². The molecule has 0 saturated carbocycles. The Bertz CT molecular complexity index is 316. The van der Waals surface area contributed by atoms with Crippen LogP contribution in [0.3, 0.4) is 0 Å². The fourth-order valence-electron chi connectivity index (χ4n) is 2.05. The molecule has 2 rings (SSSR count). The molecule has 0 spiro atoms. The number of benzene rings is 1. The molecule has 0 amide bonds. The van der Waals surface area contributed by atoms with Crippen LogP contribution >= 0.6 is 15.9 Å². The maximum atomic E-state index is 3.63. The second-order valence-electron chi connectivity index (χ2n) is 4.03. The second kappa shape index (κ2) is 4.45. The summed E-state index contributed by atoms with van der Waals surface area (Å²) in [5, 5.41) is 3.57. The van der Waals surface area contributed by atoms with Crippen LogP contribution in [0.1, 0.15) is 36.4 Å². The SMILES string of the molecule is Cc1ccc(Br)c(C2CCCCN2)c1. The molecule has 0 radical (unpaired) electrons. The largest absolute Gasteiger partial charge is 0.310 e. The van der Waals surface area contributed by atoms with Gasteiger partial charge in [-0.2, -0.15) is 0 Å².